The summed E-state index contributed by atoms with van der Waals surface area (Å²) < 4.78 is 59.0. The highest BCUT2D eigenvalue weighted by Gasteiger charge is 2.21. The van der Waals surface area contributed by atoms with E-state index >= 15 is 4.39 Å². The summed E-state index contributed by atoms with van der Waals surface area (Å²) in [5.74, 6) is -3.03. The Balaban J connectivity index is 1.60. The Bertz CT molecular complexity index is 1240. The highest BCUT2D eigenvalue weighted by Crippen LogP contribution is 2.36. The van der Waals surface area contributed by atoms with E-state index in [-0.39, 0.29) is 11.1 Å². The summed E-state index contributed by atoms with van der Waals surface area (Å²) >= 11 is 0. The van der Waals surface area contributed by atoms with E-state index in [4.69, 9.17) is 0 Å². The van der Waals surface area contributed by atoms with Crippen LogP contribution in [0.5, 0.6) is 0 Å². The summed E-state index contributed by atoms with van der Waals surface area (Å²) in [7, 11) is 0. The molecule has 0 amide bonds. The first-order valence-corrected chi connectivity index (χ1v) is 11.8. The minimum atomic E-state index is -0.900. The predicted molar refractivity (Wildman–Crippen MR) is 131 cm³/mol. The van der Waals surface area contributed by atoms with E-state index in [0.29, 0.717) is 41.0 Å². The molecule has 0 aromatic heterocycles. The van der Waals surface area contributed by atoms with Crippen molar-refractivity contribution in [1.82, 2.24) is 0 Å². The quantitative estimate of drug-likeness (QED) is 0.252. The molecule has 34 heavy (non-hydrogen) atoms. The van der Waals surface area contributed by atoms with E-state index in [1.54, 1.807) is 48.5 Å². The predicted octanol–water partition coefficient (Wildman–Crippen LogP) is 9.29. The van der Waals surface area contributed by atoms with Crippen molar-refractivity contribution >= 4 is 5.57 Å². The van der Waals surface area contributed by atoms with Crippen molar-refractivity contribution in [2.24, 2.45) is 5.92 Å². The van der Waals surface area contributed by atoms with Crippen molar-refractivity contribution in [2.75, 3.05) is 0 Å². The van der Waals surface area contributed by atoms with Gasteiger partial charge in [0.05, 0.1) is 0 Å². The summed E-state index contributed by atoms with van der Waals surface area (Å²) in [6.07, 6.45) is 9.80. The van der Waals surface area contributed by atoms with Crippen molar-refractivity contribution in [2.45, 2.75) is 46.0 Å². The second kappa shape index (κ2) is 10.4. The van der Waals surface area contributed by atoms with E-state index in [1.165, 1.54) is 0 Å². The molecule has 0 heterocycles. The maximum atomic E-state index is 15.0. The van der Waals surface area contributed by atoms with Crippen LogP contribution in [-0.4, -0.2) is 0 Å². The van der Waals surface area contributed by atoms with Gasteiger partial charge >= 0.3 is 0 Å². The van der Waals surface area contributed by atoms with E-state index in [2.05, 4.69) is 6.08 Å². The molecule has 0 saturated heterocycles. The molecule has 0 radical (unpaired) electrons. The Kier molecular flexibility index (Phi) is 7.35. The second-order valence-electron chi connectivity index (χ2n) is 8.81. The van der Waals surface area contributed by atoms with Crippen molar-refractivity contribution in [3.63, 3.8) is 0 Å². The Morgan fingerprint density at radius 3 is 1.88 bits per heavy atom. The lowest BCUT2D eigenvalue weighted by Gasteiger charge is -2.20. The molecule has 1 unspecified atom stereocenters. The number of benzene rings is 3. The highest BCUT2D eigenvalue weighted by molar-refractivity contribution is 5.74. The third kappa shape index (κ3) is 4.72. The van der Waals surface area contributed by atoms with E-state index < -0.39 is 23.3 Å². The van der Waals surface area contributed by atoms with E-state index in [0.717, 1.165) is 24.8 Å². The molecule has 0 N–H and O–H groups in total. The fraction of sp³-hybridized carbons (Fsp3) is 0.267. The first-order chi connectivity index (χ1) is 16.4. The third-order valence-electron chi connectivity index (χ3n) is 6.53. The largest absolute Gasteiger partial charge is 0.203 e. The topological polar surface area (TPSA) is 0 Å². The van der Waals surface area contributed by atoms with Crippen molar-refractivity contribution in [1.29, 1.82) is 0 Å². The number of rotatable bonds is 6. The number of halogens is 4. The Labute approximate surface area is 198 Å². The molecule has 4 rings (SSSR count). The lowest BCUT2D eigenvalue weighted by molar-refractivity contribution is 0.500. The molecule has 4 heteroatoms. The van der Waals surface area contributed by atoms with Gasteiger partial charge in [-0.3, -0.25) is 0 Å². The molecule has 0 spiro atoms. The molecule has 0 saturated carbocycles. The van der Waals surface area contributed by atoms with Crippen molar-refractivity contribution in [3.05, 3.63) is 101 Å². The lowest BCUT2D eigenvalue weighted by Crippen LogP contribution is -2.05. The van der Waals surface area contributed by atoms with Gasteiger partial charge in [-0.25, -0.2) is 17.6 Å². The first kappa shape index (κ1) is 24.0. The fourth-order valence-corrected chi connectivity index (χ4v) is 4.67. The van der Waals surface area contributed by atoms with Crippen LogP contribution < -0.4 is 0 Å². The molecule has 1 aliphatic rings. The maximum Gasteiger partial charge on any atom is 0.167 e. The average molecular weight is 465 g/mol. The third-order valence-corrected chi connectivity index (χ3v) is 6.53. The molecular formula is C30H28F4. The molecule has 176 valence electrons. The van der Waals surface area contributed by atoms with Crippen LogP contribution in [0.3, 0.4) is 0 Å². The van der Waals surface area contributed by atoms with Crippen LogP contribution in [0.1, 0.15) is 50.7 Å². The van der Waals surface area contributed by atoms with Crippen LogP contribution in [0.25, 0.3) is 27.8 Å². The highest BCUT2D eigenvalue weighted by atomic mass is 19.2. The number of hydrogen-bond acceptors (Lipinski definition) is 0. The van der Waals surface area contributed by atoms with Gasteiger partial charge in [0.15, 0.2) is 23.3 Å². The SMILES string of the molecule is CC=CC1CC=C(c2ccc(-c3ccc(-c4ccc(CCC)c(F)c4F)cc3)c(F)c2F)CC1. The van der Waals surface area contributed by atoms with Crippen LogP contribution in [0, 0.1) is 29.2 Å². The van der Waals surface area contributed by atoms with Gasteiger partial charge in [-0.05, 0) is 60.8 Å². The van der Waals surface area contributed by atoms with E-state index in [9.17, 15) is 13.2 Å². The first-order valence-electron chi connectivity index (χ1n) is 11.8. The van der Waals surface area contributed by atoms with Gasteiger partial charge in [0.25, 0.3) is 0 Å². The lowest BCUT2D eigenvalue weighted by atomic mass is 9.85. The van der Waals surface area contributed by atoms with Crippen LogP contribution >= 0.6 is 0 Å². The number of hydrogen-bond donors (Lipinski definition) is 0. The zero-order chi connectivity index (χ0) is 24.2. The zero-order valence-corrected chi connectivity index (χ0v) is 19.5. The van der Waals surface area contributed by atoms with Gasteiger partial charge in [0.2, 0.25) is 0 Å². The van der Waals surface area contributed by atoms with Crippen LogP contribution in [0.4, 0.5) is 17.6 Å². The minimum absolute atomic E-state index is 0.140. The van der Waals surface area contributed by atoms with Crippen LogP contribution in [-0.2, 0) is 6.42 Å². The molecule has 0 bridgehead atoms. The monoisotopic (exact) mass is 464 g/mol. The molecule has 3 aromatic carbocycles. The van der Waals surface area contributed by atoms with E-state index in [1.807, 2.05) is 26.0 Å². The molecule has 0 nitrogen and oxygen atoms in total. The summed E-state index contributed by atoms with van der Waals surface area (Å²) in [5.41, 5.74) is 2.73. The fourth-order valence-electron chi connectivity index (χ4n) is 4.67. The Morgan fingerprint density at radius 2 is 1.32 bits per heavy atom. The number of aryl methyl sites for hydroxylation is 1. The minimum Gasteiger partial charge on any atom is -0.203 e. The Morgan fingerprint density at radius 1 is 0.765 bits per heavy atom. The van der Waals surface area contributed by atoms with Crippen molar-refractivity contribution < 1.29 is 17.6 Å². The maximum absolute atomic E-state index is 15.0. The van der Waals surface area contributed by atoms with Gasteiger partial charge < -0.3 is 0 Å². The van der Waals surface area contributed by atoms with Gasteiger partial charge in [-0.2, -0.15) is 0 Å². The standard InChI is InChI=1S/C30H28F4/c1-3-5-19-7-9-20(10-8-19)25-17-18-26(30(34)29(25)33)22-13-11-21(12-14-22)24-16-15-23(6-4-2)27(31)28(24)32/h3,5,9,11-19H,4,6-8,10H2,1-2H3. The summed E-state index contributed by atoms with van der Waals surface area (Å²) in [6.45, 7) is 3.89. The van der Waals surface area contributed by atoms with Gasteiger partial charge in [-0.15, -0.1) is 0 Å². The van der Waals surface area contributed by atoms with Gasteiger partial charge in [0.1, 0.15) is 0 Å². The molecule has 0 fully saturated rings. The average Bonchev–Trinajstić information content (AvgIpc) is 2.85. The summed E-state index contributed by atoms with van der Waals surface area (Å²) in [5, 5.41) is 0. The smallest absolute Gasteiger partial charge is 0.167 e. The second-order valence-corrected chi connectivity index (χ2v) is 8.81. The van der Waals surface area contributed by atoms with Gasteiger partial charge in [-0.1, -0.05) is 80.1 Å². The molecule has 3 aromatic rings. The molecule has 0 aliphatic heterocycles. The van der Waals surface area contributed by atoms with Crippen LogP contribution in [0.15, 0.2) is 66.8 Å². The molecule has 1 atom stereocenters. The Hall–Kier alpha value is -3.14. The van der Waals surface area contributed by atoms with Crippen LogP contribution in [0.2, 0.25) is 0 Å². The van der Waals surface area contributed by atoms with Gasteiger partial charge in [0, 0.05) is 16.7 Å². The summed E-state index contributed by atoms with van der Waals surface area (Å²) in [6, 6.07) is 12.8. The zero-order valence-electron chi connectivity index (χ0n) is 19.5. The molecule has 1 aliphatic carbocycles. The summed E-state index contributed by atoms with van der Waals surface area (Å²) in [4.78, 5) is 0. The molecular weight excluding hydrogens is 436 g/mol. The normalized spacial score (nSPS) is 16.2. The number of allylic oxidation sites excluding steroid dienone is 4. The van der Waals surface area contributed by atoms with Crippen molar-refractivity contribution in [3.8, 4) is 22.3 Å².